The van der Waals surface area contributed by atoms with Crippen molar-refractivity contribution in [1.29, 1.82) is 0 Å². The Kier molecular flexibility index (Phi) is 4.16. The molecule has 1 atom stereocenters. The maximum absolute atomic E-state index is 5.95. The summed E-state index contributed by atoms with van der Waals surface area (Å²) >= 11 is 6.93. The SMILES string of the molecule is C=CC[C@H](N)c1cccc(Br)c1Br. The summed E-state index contributed by atoms with van der Waals surface area (Å²) < 4.78 is 2.06. The summed E-state index contributed by atoms with van der Waals surface area (Å²) in [6, 6.07) is 5.99. The van der Waals surface area contributed by atoms with E-state index in [1.807, 2.05) is 24.3 Å². The fourth-order valence-corrected chi connectivity index (χ4v) is 2.05. The third-order valence-corrected chi connectivity index (χ3v) is 3.88. The molecule has 0 aliphatic carbocycles. The predicted octanol–water partition coefficient (Wildman–Crippen LogP) is 3.79. The Balaban J connectivity index is 3.00. The average Bonchev–Trinajstić information content (AvgIpc) is 2.10. The summed E-state index contributed by atoms with van der Waals surface area (Å²) in [5.74, 6) is 0. The largest absolute Gasteiger partial charge is 0.324 e. The molecular formula is C10H11Br2N. The summed E-state index contributed by atoms with van der Waals surface area (Å²) in [6.45, 7) is 3.67. The smallest absolute Gasteiger partial charge is 0.0365 e. The zero-order chi connectivity index (χ0) is 9.84. The van der Waals surface area contributed by atoms with Crippen molar-refractivity contribution >= 4 is 31.9 Å². The maximum Gasteiger partial charge on any atom is 0.0365 e. The summed E-state index contributed by atoms with van der Waals surface area (Å²) in [7, 11) is 0. The molecule has 1 aromatic rings. The second-order valence-electron chi connectivity index (χ2n) is 2.77. The fraction of sp³-hybridized carbons (Fsp3) is 0.200. The Morgan fingerprint density at radius 1 is 1.46 bits per heavy atom. The quantitative estimate of drug-likeness (QED) is 0.845. The van der Waals surface area contributed by atoms with Gasteiger partial charge in [-0.05, 0) is 49.9 Å². The lowest BCUT2D eigenvalue weighted by Crippen LogP contribution is -2.09. The van der Waals surface area contributed by atoms with Gasteiger partial charge in [-0.15, -0.1) is 6.58 Å². The standard InChI is InChI=1S/C10H11Br2N/c1-2-4-9(13)7-5-3-6-8(11)10(7)12/h2-3,5-6,9H,1,4,13H2/t9-/m0/s1. The summed E-state index contributed by atoms with van der Waals surface area (Å²) in [4.78, 5) is 0. The second-order valence-corrected chi connectivity index (χ2v) is 4.42. The molecule has 0 aliphatic heterocycles. The zero-order valence-corrected chi connectivity index (χ0v) is 10.3. The number of hydrogen-bond acceptors (Lipinski definition) is 1. The molecular weight excluding hydrogens is 294 g/mol. The highest BCUT2D eigenvalue weighted by Crippen LogP contribution is 2.30. The van der Waals surface area contributed by atoms with Gasteiger partial charge in [0, 0.05) is 15.0 Å². The Bertz CT molecular complexity index is 310. The van der Waals surface area contributed by atoms with Crippen LogP contribution in [0.3, 0.4) is 0 Å². The van der Waals surface area contributed by atoms with Gasteiger partial charge in [0.15, 0.2) is 0 Å². The first kappa shape index (κ1) is 11.0. The summed E-state index contributed by atoms with van der Waals surface area (Å²) in [5, 5.41) is 0. The second kappa shape index (κ2) is 4.94. The van der Waals surface area contributed by atoms with Crippen LogP contribution in [0.4, 0.5) is 0 Å². The summed E-state index contributed by atoms with van der Waals surface area (Å²) in [5.41, 5.74) is 7.06. The topological polar surface area (TPSA) is 26.0 Å². The van der Waals surface area contributed by atoms with Crippen molar-refractivity contribution in [2.75, 3.05) is 0 Å². The number of nitrogens with two attached hydrogens (primary N) is 1. The average molecular weight is 305 g/mol. The first-order valence-electron chi connectivity index (χ1n) is 3.97. The molecule has 1 aromatic carbocycles. The van der Waals surface area contributed by atoms with E-state index in [4.69, 9.17) is 5.73 Å². The molecule has 0 aromatic heterocycles. The molecule has 0 amide bonds. The van der Waals surface area contributed by atoms with E-state index in [1.165, 1.54) is 0 Å². The normalized spacial score (nSPS) is 12.5. The van der Waals surface area contributed by atoms with Gasteiger partial charge in [-0.25, -0.2) is 0 Å². The minimum Gasteiger partial charge on any atom is -0.324 e. The molecule has 0 heterocycles. The first-order chi connectivity index (χ1) is 6.16. The Morgan fingerprint density at radius 3 is 2.77 bits per heavy atom. The minimum absolute atomic E-state index is 0.0179. The van der Waals surface area contributed by atoms with E-state index in [-0.39, 0.29) is 6.04 Å². The van der Waals surface area contributed by atoms with Crippen molar-refractivity contribution in [3.63, 3.8) is 0 Å². The van der Waals surface area contributed by atoms with Crippen LogP contribution in [0.1, 0.15) is 18.0 Å². The molecule has 0 unspecified atom stereocenters. The molecule has 0 bridgehead atoms. The molecule has 0 spiro atoms. The minimum atomic E-state index is 0.0179. The van der Waals surface area contributed by atoms with Crippen LogP contribution in [0, 0.1) is 0 Å². The van der Waals surface area contributed by atoms with Gasteiger partial charge in [-0.3, -0.25) is 0 Å². The number of halogens is 2. The van der Waals surface area contributed by atoms with E-state index in [1.54, 1.807) is 0 Å². The van der Waals surface area contributed by atoms with Crippen LogP contribution in [0.5, 0.6) is 0 Å². The molecule has 0 radical (unpaired) electrons. The van der Waals surface area contributed by atoms with E-state index >= 15 is 0 Å². The van der Waals surface area contributed by atoms with Crippen LogP contribution in [-0.4, -0.2) is 0 Å². The van der Waals surface area contributed by atoms with Gasteiger partial charge in [-0.1, -0.05) is 18.2 Å². The molecule has 0 aliphatic rings. The highest BCUT2D eigenvalue weighted by atomic mass is 79.9. The summed E-state index contributed by atoms with van der Waals surface area (Å²) in [6.07, 6.45) is 2.62. The fourth-order valence-electron chi connectivity index (χ4n) is 1.11. The number of hydrogen-bond donors (Lipinski definition) is 1. The van der Waals surface area contributed by atoms with Crippen molar-refractivity contribution < 1.29 is 0 Å². The van der Waals surface area contributed by atoms with E-state index in [9.17, 15) is 0 Å². The van der Waals surface area contributed by atoms with Gasteiger partial charge in [-0.2, -0.15) is 0 Å². The molecule has 0 saturated carbocycles. The number of benzene rings is 1. The maximum atomic E-state index is 5.95. The van der Waals surface area contributed by atoms with Crippen molar-refractivity contribution in [3.05, 3.63) is 45.4 Å². The predicted molar refractivity (Wildman–Crippen MR) is 63.6 cm³/mol. The molecule has 0 saturated heterocycles. The Hall–Kier alpha value is -0.120. The lowest BCUT2D eigenvalue weighted by atomic mass is 10.1. The van der Waals surface area contributed by atoms with Gasteiger partial charge < -0.3 is 5.73 Å². The Labute approximate surface area is 95.3 Å². The van der Waals surface area contributed by atoms with Crippen LogP contribution in [-0.2, 0) is 0 Å². The van der Waals surface area contributed by atoms with Crippen molar-refractivity contribution in [3.8, 4) is 0 Å². The highest BCUT2D eigenvalue weighted by Gasteiger charge is 2.09. The molecule has 1 rings (SSSR count). The van der Waals surface area contributed by atoms with Crippen molar-refractivity contribution in [2.45, 2.75) is 12.5 Å². The molecule has 3 heteroatoms. The van der Waals surface area contributed by atoms with Crippen LogP contribution in [0.2, 0.25) is 0 Å². The van der Waals surface area contributed by atoms with Gasteiger partial charge in [0.05, 0.1) is 0 Å². The third kappa shape index (κ3) is 2.66. The van der Waals surface area contributed by atoms with E-state index < -0.39 is 0 Å². The molecule has 13 heavy (non-hydrogen) atoms. The molecule has 0 fully saturated rings. The van der Waals surface area contributed by atoms with Crippen LogP contribution >= 0.6 is 31.9 Å². The lowest BCUT2D eigenvalue weighted by Gasteiger charge is -2.12. The van der Waals surface area contributed by atoms with Gasteiger partial charge in [0.25, 0.3) is 0 Å². The lowest BCUT2D eigenvalue weighted by molar-refractivity contribution is 0.737. The van der Waals surface area contributed by atoms with Gasteiger partial charge in [0.2, 0.25) is 0 Å². The van der Waals surface area contributed by atoms with E-state index in [0.29, 0.717) is 0 Å². The van der Waals surface area contributed by atoms with Gasteiger partial charge >= 0.3 is 0 Å². The highest BCUT2D eigenvalue weighted by molar-refractivity contribution is 9.13. The van der Waals surface area contributed by atoms with Gasteiger partial charge in [0.1, 0.15) is 0 Å². The van der Waals surface area contributed by atoms with Crippen LogP contribution in [0.25, 0.3) is 0 Å². The van der Waals surface area contributed by atoms with Crippen LogP contribution in [0.15, 0.2) is 39.8 Å². The monoisotopic (exact) mass is 303 g/mol. The first-order valence-corrected chi connectivity index (χ1v) is 5.55. The van der Waals surface area contributed by atoms with Crippen molar-refractivity contribution in [1.82, 2.24) is 0 Å². The van der Waals surface area contributed by atoms with E-state index in [2.05, 4.69) is 38.4 Å². The zero-order valence-electron chi connectivity index (χ0n) is 7.13. The van der Waals surface area contributed by atoms with Crippen molar-refractivity contribution in [2.24, 2.45) is 5.73 Å². The molecule has 1 nitrogen and oxygen atoms in total. The van der Waals surface area contributed by atoms with E-state index in [0.717, 1.165) is 20.9 Å². The Morgan fingerprint density at radius 2 is 2.15 bits per heavy atom. The molecule has 2 N–H and O–H groups in total. The third-order valence-electron chi connectivity index (χ3n) is 1.80. The van der Waals surface area contributed by atoms with Crippen LogP contribution < -0.4 is 5.73 Å². The number of rotatable bonds is 3. The molecule has 70 valence electrons.